The Bertz CT molecular complexity index is 453. The summed E-state index contributed by atoms with van der Waals surface area (Å²) < 4.78 is 0. The third-order valence-corrected chi connectivity index (χ3v) is 4.36. The van der Waals surface area contributed by atoms with Crippen LogP contribution in [-0.4, -0.2) is 29.2 Å². The molecular weight excluding hydrogens is 276 g/mol. The summed E-state index contributed by atoms with van der Waals surface area (Å²) in [5.41, 5.74) is 0.225. The van der Waals surface area contributed by atoms with E-state index in [1.54, 1.807) is 0 Å². The molecule has 0 aromatic heterocycles. The second kappa shape index (κ2) is 8.30. The highest BCUT2D eigenvalue weighted by Crippen LogP contribution is 2.26. The van der Waals surface area contributed by atoms with Gasteiger partial charge in [0.2, 0.25) is 5.91 Å². The molecule has 1 amide bonds. The number of carbonyl (C=O) groups excluding carboxylic acids is 1. The van der Waals surface area contributed by atoms with Crippen LogP contribution in [-0.2, 0) is 4.79 Å². The van der Waals surface area contributed by atoms with Crippen LogP contribution in [0.25, 0.3) is 0 Å². The number of nitrogens with one attached hydrogen (secondary N) is 2. The molecule has 0 aliphatic heterocycles. The van der Waals surface area contributed by atoms with E-state index in [9.17, 15) is 9.90 Å². The fourth-order valence-corrected chi connectivity index (χ4v) is 3.01. The van der Waals surface area contributed by atoms with Gasteiger partial charge in [-0.3, -0.25) is 4.79 Å². The molecule has 1 aromatic rings. The maximum absolute atomic E-state index is 12.0. The van der Waals surface area contributed by atoms with Crippen LogP contribution in [0.3, 0.4) is 0 Å². The van der Waals surface area contributed by atoms with Crippen molar-refractivity contribution in [3.05, 3.63) is 30.3 Å². The number of anilines is 1. The Labute approximate surface area is 133 Å². The van der Waals surface area contributed by atoms with E-state index in [1.807, 2.05) is 37.3 Å². The van der Waals surface area contributed by atoms with E-state index in [0.717, 1.165) is 31.4 Å². The second-order valence-electron chi connectivity index (χ2n) is 6.54. The topological polar surface area (TPSA) is 61.4 Å². The Kier molecular flexibility index (Phi) is 6.40. The average Bonchev–Trinajstić information content (AvgIpc) is 2.71. The number of aliphatic hydroxyl groups is 1. The van der Waals surface area contributed by atoms with Gasteiger partial charge in [0.15, 0.2) is 0 Å². The lowest BCUT2D eigenvalue weighted by Gasteiger charge is -2.28. The van der Waals surface area contributed by atoms with Crippen LogP contribution in [0.1, 0.15) is 51.9 Å². The monoisotopic (exact) mass is 304 g/mol. The Hall–Kier alpha value is -1.39. The van der Waals surface area contributed by atoms with E-state index in [2.05, 4.69) is 10.6 Å². The molecule has 0 heterocycles. The first-order valence-electron chi connectivity index (χ1n) is 8.38. The molecule has 122 valence electrons. The minimum absolute atomic E-state index is 0.000874. The van der Waals surface area contributed by atoms with Gasteiger partial charge >= 0.3 is 0 Å². The van der Waals surface area contributed by atoms with Crippen LogP contribution in [0.4, 0.5) is 5.69 Å². The lowest BCUT2D eigenvalue weighted by Crippen LogP contribution is -2.44. The summed E-state index contributed by atoms with van der Waals surface area (Å²) in [4.78, 5) is 12.0. The summed E-state index contributed by atoms with van der Waals surface area (Å²) in [6.07, 6.45) is 6.77. The Morgan fingerprint density at radius 3 is 2.45 bits per heavy atom. The van der Waals surface area contributed by atoms with Gasteiger partial charge in [0.25, 0.3) is 0 Å². The van der Waals surface area contributed by atoms with Crippen molar-refractivity contribution < 1.29 is 9.90 Å². The summed E-state index contributed by atoms with van der Waals surface area (Å²) >= 11 is 0. The molecule has 1 atom stereocenters. The van der Waals surface area contributed by atoms with E-state index in [0.29, 0.717) is 13.0 Å². The van der Waals surface area contributed by atoms with Crippen molar-refractivity contribution in [1.82, 2.24) is 5.32 Å². The van der Waals surface area contributed by atoms with Crippen molar-refractivity contribution >= 4 is 11.6 Å². The van der Waals surface area contributed by atoms with Crippen molar-refractivity contribution in [1.29, 1.82) is 0 Å². The third kappa shape index (κ3) is 5.78. The predicted octanol–water partition coefficient (Wildman–Crippen LogP) is 3.08. The van der Waals surface area contributed by atoms with E-state index in [4.69, 9.17) is 0 Å². The van der Waals surface area contributed by atoms with Crippen LogP contribution >= 0.6 is 0 Å². The molecule has 22 heavy (non-hydrogen) atoms. The minimum Gasteiger partial charge on any atom is -0.389 e. The fourth-order valence-electron chi connectivity index (χ4n) is 3.01. The minimum atomic E-state index is -0.597. The summed E-state index contributed by atoms with van der Waals surface area (Å²) in [6, 6.07) is 9.54. The third-order valence-electron chi connectivity index (χ3n) is 4.36. The van der Waals surface area contributed by atoms with Gasteiger partial charge in [-0.15, -0.1) is 0 Å². The van der Waals surface area contributed by atoms with Crippen LogP contribution < -0.4 is 10.6 Å². The summed E-state index contributed by atoms with van der Waals surface area (Å²) in [6.45, 7) is 2.57. The highest BCUT2D eigenvalue weighted by atomic mass is 16.3. The highest BCUT2D eigenvalue weighted by Gasteiger charge is 2.28. The molecule has 1 aliphatic carbocycles. The van der Waals surface area contributed by atoms with Crippen molar-refractivity contribution in [3.8, 4) is 0 Å². The van der Waals surface area contributed by atoms with Gasteiger partial charge in [0.05, 0.1) is 5.60 Å². The SMILES string of the molecule is CC(CC(=O)Nc1ccccc1)NCC1(O)CCCCCC1. The molecule has 1 aromatic carbocycles. The molecule has 1 unspecified atom stereocenters. The van der Waals surface area contributed by atoms with Gasteiger partial charge in [-0.25, -0.2) is 0 Å². The summed E-state index contributed by atoms with van der Waals surface area (Å²) in [5.74, 6) is -0.000874. The van der Waals surface area contributed by atoms with E-state index < -0.39 is 5.60 Å². The summed E-state index contributed by atoms with van der Waals surface area (Å²) in [7, 11) is 0. The largest absolute Gasteiger partial charge is 0.389 e. The first-order valence-corrected chi connectivity index (χ1v) is 8.38. The normalized spacial score (nSPS) is 19.2. The molecule has 1 saturated carbocycles. The van der Waals surface area contributed by atoms with E-state index in [-0.39, 0.29) is 11.9 Å². The van der Waals surface area contributed by atoms with E-state index >= 15 is 0 Å². The Morgan fingerprint density at radius 1 is 1.18 bits per heavy atom. The maximum Gasteiger partial charge on any atom is 0.225 e. The van der Waals surface area contributed by atoms with Crippen molar-refractivity contribution in [3.63, 3.8) is 0 Å². The van der Waals surface area contributed by atoms with Crippen molar-refractivity contribution in [2.75, 3.05) is 11.9 Å². The van der Waals surface area contributed by atoms with Gasteiger partial charge in [0.1, 0.15) is 0 Å². The zero-order valence-corrected chi connectivity index (χ0v) is 13.5. The van der Waals surface area contributed by atoms with Crippen LogP contribution in [0.2, 0.25) is 0 Å². The van der Waals surface area contributed by atoms with Crippen molar-refractivity contribution in [2.24, 2.45) is 0 Å². The first-order chi connectivity index (χ1) is 10.6. The first kappa shape index (κ1) is 17.0. The van der Waals surface area contributed by atoms with Crippen LogP contribution in [0.5, 0.6) is 0 Å². The molecule has 2 rings (SSSR count). The molecule has 4 nitrogen and oxygen atoms in total. The lowest BCUT2D eigenvalue weighted by molar-refractivity contribution is -0.116. The van der Waals surface area contributed by atoms with Gasteiger partial charge in [-0.05, 0) is 31.9 Å². The molecule has 1 aliphatic rings. The Balaban J connectivity index is 1.72. The Morgan fingerprint density at radius 2 is 1.82 bits per heavy atom. The predicted molar refractivity (Wildman–Crippen MR) is 89.8 cm³/mol. The lowest BCUT2D eigenvalue weighted by atomic mass is 9.94. The molecule has 3 N–H and O–H groups in total. The average molecular weight is 304 g/mol. The van der Waals surface area contributed by atoms with Crippen LogP contribution in [0.15, 0.2) is 30.3 Å². The number of hydrogen-bond acceptors (Lipinski definition) is 3. The van der Waals surface area contributed by atoms with Crippen molar-refractivity contribution in [2.45, 2.75) is 63.5 Å². The van der Waals surface area contributed by atoms with Gasteiger partial charge in [0, 0.05) is 24.7 Å². The number of benzene rings is 1. The van der Waals surface area contributed by atoms with Crippen LogP contribution in [0, 0.1) is 0 Å². The zero-order valence-electron chi connectivity index (χ0n) is 13.5. The quantitative estimate of drug-likeness (QED) is 0.708. The molecule has 0 radical (unpaired) electrons. The number of rotatable bonds is 6. The molecule has 4 heteroatoms. The number of carbonyl (C=O) groups is 1. The zero-order chi connectivity index (χ0) is 15.8. The highest BCUT2D eigenvalue weighted by molar-refractivity contribution is 5.90. The van der Waals surface area contributed by atoms with Gasteiger partial charge < -0.3 is 15.7 Å². The van der Waals surface area contributed by atoms with E-state index in [1.165, 1.54) is 12.8 Å². The standard InChI is InChI=1S/C18H28N2O2/c1-15(13-17(21)20-16-9-5-4-6-10-16)19-14-18(22)11-7-2-3-8-12-18/h4-6,9-10,15,19,22H,2-3,7-8,11-14H2,1H3,(H,20,21). The number of amides is 1. The number of para-hydroxylation sites is 1. The molecule has 0 bridgehead atoms. The smallest absolute Gasteiger partial charge is 0.225 e. The van der Waals surface area contributed by atoms with Gasteiger partial charge in [-0.1, -0.05) is 43.9 Å². The molecule has 1 fully saturated rings. The fraction of sp³-hybridized carbons (Fsp3) is 0.611. The molecule has 0 spiro atoms. The second-order valence-corrected chi connectivity index (χ2v) is 6.54. The number of hydrogen-bond donors (Lipinski definition) is 3. The molecule has 0 saturated heterocycles. The molecular formula is C18H28N2O2. The van der Waals surface area contributed by atoms with Gasteiger partial charge in [-0.2, -0.15) is 0 Å². The maximum atomic E-state index is 12.0. The summed E-state index contributed by atoms with van der Waals surface area (Å²) in [5, 5.41) is 16.8.